The molecule has 1 aliphatic rings. The molecule has 210 valence electrons. The first-order valence-corrected chi connectivity index (χ1v) is 14.0. The number of sulfonamides is 1. The van der Waals surface area contributed by atoms with Crippen LogP contribution in [0.4, 0.5) is 0 Å². The molecular formula is C26H30N8O5S. The number of aromatic nitrogens is 5. The van der Waals surface area contributed by atoms with Gasteiger partial charge in [0.2, 0.25) is 15.6 Å². The quantitative estimate of drug-likeness (QED) is 0.303. The number of amides is 1. The zero-order valence-corrected chi connectivity index (χ0v) is 23.6. The van der Waals surface area contributed by atoms with Gasteiger partial charge in [-0.2, -0.15) is 5.10 Å². The minimum Gasteiger partial charge on any atom is -0.396 e. The fraction of sp³-hybridized carbons (Fsp3) is 0.346. The lowest BCUT2D eigenvalue weighted by Gasteiger charge is -2.16. The molecule has 2 N–H and O–H groups in total. The maximum absolute atomic E-state index is 13.9. The first-order valence-electron chi connectivity index (χ1n) is 12.5. The Hall–Kier alpha value is -4.30. The third-order valence-corrected chi connectivity index (χ3v) is 8.37. The molecule has 3 aromatic heterocycles. The van der Waals surface area contributed by atoms with Crippen LogP contribution in [0.2, 0.25) is 0 Å². The van der Waals surface area contributed by atoms with E-state index in [0.29, 0.717) is 16.6 Å². The van der Waals surface area contributed by atoms with Gasteiger partial charge in [0.15, 0.2) is 0 Å². The number of H-pyrrole nitrogens is 1. The maximum Gasteiger partial charge on any atom is 0.271 e. The fourth-order valence-electron chi connectivity index (χ4n) is 4.35. The van der Waals surface area contributed by atoms with E-state index in [1.807, 2.05) is 6.92 Å². The van der Waals surface area contributed by atoms with Gasteiger partial charge in [-0.15, -0.1) is 0 Å². The number of rotatable bonds is 8. The monoisotopic (exact) mass is 566 g/mol. The number of pyridine rings is 1. The van der Waals surface area contributed by atoms with Gasteiger partial charge in [0.05, 0.1) is 28.5 Å². The Labute approximate surface area is 230 Å². The Balaban J connectivity index is 1.76. The summed E-state index contributed by atoms with van der Waals surface area (Å²) in [6.07, 6.45) is 6.32. The average molecular weight is 567 g/mol. The van der Waals surface area contributed by atoms with Crippen LogP contribution in [-0.2, 0) is 28.5 Å². The van der Waals surface area contributed by atoms with E-state index >= 15 is 0 Å². The number of aryl methyl sites for hydroxylation is 1. The Morgan fingerprint density at radius 2 is 2.00 bits per heavy atom. The van der Waals surface area contributed by atoms with Crippen LogP contribution < -0.4 is 15.9 Å². The highest BCUT2D eigenvalue weighted by Crippen LogP contribution is 2.37. The molecule has 0 aliphatic heterocycles. The summed E-state index contributed by atoms with van der Waals surface area (Å²) in [5, 5.41) is 8.31. The zero-order chi connectivity index (χ0) is 28.8. The van der Waals surface area contributed by atoms with Crippen molar-refractivity contribution in [3.05, 3.63) is 70.1 Å². The minimum absolute atomic E-state index is 0.0635. The van der Waals surface area contributed by atoms with E-state index in [9.17, 15) is 18.0 Å². The number of carbonyl (C=O) groups is 1. The van der Waals surface area contributed by atoms with Crippen molar-refractivity contribution in [1.29, 1.82) is 0 Å². The molecule has 1 fully saturated rings. The summed E-state index contributed by atoms with van der Waals surface area (Å²) in [6, 6.07) is 6.06. The molecule has 0 radical (unpaired) electrons. The molecule has 5 rings (SSSR count). The smallest absolute Gasteiger partial charge is 0.271 e. The van der Waals surface area contributed by atoms with E-state index in [1.165, 1.54) is 34.9 Å². The molecule has 0 bridgehead atoms. The molecule has 1 amide bonds. The maximum atomic E-state index is 13.9. The van der Waals surface area contributed by atoms with Crippen LogP contribution >= 0.6 is 0 Å². The predicted molar refractivity (Wildman–Crippen MR) is 147 cm³/mol. The molecule has 3 heterocycles. The third-order valence-electron chi connectivity index (χ3n) is 6.75. The van der Waals surface area contributed by atoms with Gasteiger partial charge in [-0.25, -0.2) is 13.1 Å². The minimum atomic E-state index is -3.97. The van der Waals surface area contributed by atoms with Gasteiger partial charge in [-0.05, 0) is 43.1 Å². The molecule has 14 heteroatoms. The summed E-state index contributed by atoms with van der Waals surface area (Å²) in [7, 11) is 2.41. The first kappa shape index (κ1) is 27.3. The molecule has 40 heavy (non-hydrogen) atoms. The van der Waals surface area contributed by atoms with Crippen LogP contribution in [0, 0.1) is 0 Å². The first-order chi connectivity index (χ1) is 18.9. The van der Waals surface area contributed by atoms with E-state index in [0.717, 1.165) is 18.4 Å². The van der Waals surface area contributed by atoms with Crippen LogP contribution in [0.15, 0.2) is 57.7 Å². The topological polar surface area (TPSA) is 157 Å². The Morgan fingerprint density at radius 1 is 1.25 bits per heavy atom. The van der Waals surface area contributed by atoms with Crippen molar-refractivity contribution in [2.24, 2.45) is 12.2 Å². The van der Waals surface area contributed by atoms with Crippen LogP contribution in [-0.4, -0.2) is 70.3 Å². The number of aromatic amines is 1. The van der Waals surface area contributed by atoms with Crippen molar-refractivity contribution in [3.8, 4) is 11.1 Å². The molecule has 1 saturated carbocycles. The number of hydrogen-bond acceptors (Lipinski definition) is 8. The van der Waals surface area contributed by atoms with Crippen LogP contribution in [0.25, 0.3) is 22.0 Å². The average Bonchev–Trinajstić information content (AvgIpc) is 3.48. The second-order valence-electron chi connectivity index (χ2n) is 10.3. The number of benzene rings is 1. The predicted octanol–water partition coefficient (Wildman–Crippen LogP) is 1.17. The molecule has 1 aliphatic carbocycles. The second-order valence-corrected chi connectivity index (χ2v) is 12.0. The molecule has 0 atom stereocenters. The van der Waals surface area contributed by atoms with Crippen LogP contribution in [0.1, 0.15) is 35.8 Å². The number of hydrogen-bond donors (Lipinski definition) is 2. The zero-order valence-electron chi connectivity index (χ0n) is 22.8. The third kappa shape index (κ3) is 5.27. The van der Waals surface area contributed by atoms with E-state index in [1.54, 1.807) is 50.4 Å². The molecule has 0 spiro atoms. The Kier molecular flexibility index (Phi) is 6.84. The number of fused-ring (bicyclic) bond motifs is 1. The summed E-state index contributed by atoms with van der Waals surface area (Å²) in [5.74, 6) is -0.277. The number of nitrogens with zero attached hydrogens (tertiary/aromatic N) is 6. The van der Waals surface area contributed by atoms with Gasteiger partial charge >= 0.3 is 0 Å². The Morgan fingerprint density at radius 3 is 2.58 bits per heavy atom. The van der Waals surface area contributed by atoms with E-state index < -0.39 is 21.1 Å². The van der Waals surface area contributed by atoms with E-state index in [-0.39, 0.29) is 34.0 Å². The summed E-state index contributed by atoms with van der Waals surface area (Å²) in [5.41, 5.74) is 1.33. The van der Waals surface area contributed by atoms with E-state index in [2.05, 4.69) is 24.9 Å². The van der Waals surface area contributed by atoms with E-state index in [4.69, 9.17) is 4.84 Å². The standard InChI is InChI=1S/C26H30N8O5S/c1-26(8-9-26)31-40(37,38)18-10-19(17-6-7-21(27-13-17)24(36)32(2)3)22-20(11-18)23(35)34(25(29-22)30-39-5)15-16-12-28-33(4)14-16/h6-7,10-14,31H,8-9,15H2,1-5H3,(H,29,30). The lowest BCUT2D eigenvalue weighted by molar-refractivity contribution is 0.0822. The molecule has 13 nitrogen and oxygen atoms in total. The van der Waals surface area contributed by atoms with Gasteiger partial charge < -0.3 is 14.7 Å². The normalized spacial score (nSPS) is 14.9. The van der Waals surface area contributed by atoms with Gasteiger partial charge in [-0.1, -0.05) is 6.07 Å². The second kappa shape index (κ2) is 10.0. The van der Waals surface area contributed by atoms with Crippen molar-refractivity contribution < 1.29 is 18.0 Å². The molecule has 4 aromatic rings. The van der Waals surface area contributed by atoms with Crippen molar-refractivity contribution in [3.63, 3.8) is 0 Å². The highest BCUT2D eigenvalue weighted by molar-refractivity contribution is 7.89. The summed E-state index contributed by atoms with van der Waals surface area (Å²) in [4.78, 5) is 40.1. The summed E-state index contributed by atoms with van der Waals surface area (Å²) in [6.45, 7) is 1.96. The fourth-order valence-corrected chi connectivity index (χ4v) is 5.86. The van der Waals surface area contributed by atoms with Gasteiger partial charge in [-0.3, -0.25) is 23.8 Å². The molecule has 0 saturated heterocycles. The van der Waals surface area contributed by atoms with Crippen LogP contribution in [0.3, 0.4) is 0 Å². The van der Waals surface area contributed by atoms with Crippen molar-refractivity contribution >= 4 is 26.8 Å². The molecule has 1 aromatic carbocycles. The summed E-state index contributed by atoms with van der Waals surface area (Å²) < 4.78 is 32.6. The van der Waals surface area contributed by atoms with Crippen molar-refractivity contribution in [2.45, 2.75) is 36.7 Å². The van der Waals surface area contributed by atoms with Gasteiger partial charge in [0.25, 0.3) is 11.5 Å². The van der Waals surface area contributed by atoms with Gasteiger partial charge in [0, 0.05) is 55.8 Å². The Bertz CT molecular complexity index is 1850. The van der Waals surface area contributed by atoms with Gasteiger partial charge in [0.1, 0.15) is 12.8 Å². The van der Waals surface area contributed by atoms with Crippen LogP contribution in [0.5, 0.6) is 0 Å². The lowest BCUT2D eigenvalue weighted by atomic mass is 10.0. The van der Waals surface area contributed by atoms with Crippen molar-refractivity contribution in [2.75, 3.05) is 21.2 Å². The SMILES string of the molecule is CO/N=c1\[nH]c2c(-c3ccc(C(=O)N(C)C)nc3)cc(S(=O)(=O)NC3(C)CC3)cc2c(=O)n1Cc1cnn(C)c1. The highest BCUT2D eigenvalue weighted by atomic mass is 32.2. The number of nitrogens with one attached hydrogen (secondary N) is 2. The largest absolute Gasteiger partial charge is 0.396 e. The number of carbonyl (C=O) groups excluding carboxylic acids is 1. The molecule has 0 unspecified atom stereocenters. The van der Waals surface area contributed by atoms with Crippen molar-refractivity contribution in [1.82, 2.24) is 33.9 Å². The lowest BCUT2D eigenvalue weighted by Crippen LogP contribution is -2.37. The highest BCUT2D eigenvalue weighted by Gasteiger charge is 2.41. The summed E-state index contributed by atoms with van der Waals surface area (Å²) >= 11 is 0. The molecular weight excluding hydrogens is 536 g/mol.